The van der Waals surface area contributed by atoms with E-state index in [4.69, 9.17) is 9.47 Å². The Morgan fingerprint density at radius 3 is 2.62 bits per heavy atom. The van der Waals surface area contributed by atoms with Gasteiger partial charge in [0.05, 0.1) is 6.42 Å². The topological polar surface area (TPSA) is 71.6 Å². The fourth-order valence-electron chi connectivity index (χ4n) is 4.16. The molecular formula is C20H24N2O4. The Morgan fingerprint density at radius 1 is 1.23 bits per heavy atom. The number of benzene rings is 1. The molecule has 1 spiro atoms. The van der Waals surface area contributed by atoms with Crippen molar-refractivity contribution >= 4 is 23.0 Å². The van der Waals surface area contributed by atoms with Crippen molar-refractivity contribution in [2.24, 2.45) is 0 Å². The lowest BCUT2D eigenvalue weighted by atomic mass is 9.92. The van der Waals surface area contributed by atoms with E-state index in [9.17, 15) is 9.59 Å². The number of cyclic esters (lactones) is 1. The Bertz CT molecular complexity index is 891. The molecular weight excluding hydrogens is 332 g/mol. The van der Waals surface area contributed by atoms with Crippen molar-refractivity contribution in [3.63, 3.8) is 0 Å². The summed E-state index contributed by atoms with van der Waals surface area (Å²) in [5.41, 5.74) is 5.11. The third-order valence-corrected chi connectivity index (χ3v) is 5.68. The minimum Gasteiger partial charge on any atom is -0.430 e. The number of aryl methyl sites for hydroxylation is 3. The highest BCUT2D eigenvalue weighted by Gasteiger charge is 2.45. The van der Waals surface area contributed by atoms with Crippen LogP contribution in [0, 0.1) is 20.8 Å². The van der Waals surface area contributed by atoms with E-state index < -0.39 is 11.8 Å². The standard InChI is InChI=1S/C20H24N2O4/c1-12-8-13(2)18-16(9-12)15(14(3)21-18)10-17(23)22-6-4-20(5-7-22)11-25-19(24)26-20/h8-9,21H,4-7,10-11H2,1-3H3. The van der Waals surface area contributed by atoms with Crippen LogP contribution in [0.1, 0.15) is 35.2 Å². The van der Waals surface area contributed by atoms with Crippen molar-refractivity contribution in [1.82, 2.24) is 9.88 Å². The second kappa shape index (κ2) is 6.04. The maximum Gasteiger partial charge on any atom is 0.509 e. The lowest BCUT2D eigenvalue weighted by molar-refractivity contribution is -0.133. The predicted octanol–water partition coefficient (Wildman–Crippen LogP) is 3.16. The summed E-state index contributed by atoms with van der Waals surface area (Å²) in [5.74, 6) is 0.119. The zero-order valence-electron chi connectivity index (χ0n) is 15.5. The fourth-order valence-corrected chi connectivity index (χ4v) is 4.16. The third-order valence-electron chi connectivity index (χ3n) is 5.68. The van der Waals surface area contributed by atoms with Gasteiger partial charge >= 0.3 is 6.16 Å². The van der Waals surface area contributed by atoms with Gasteiger partial charge in [-0.2, -0.15) is 0 Å². The van der Waals surface area contributed by atoms with E-state index in [0.29, 0.717) is 39.0 Å². The quantitative estimate of drug-likeness (QED) is 0.839. The highest BCUT2D eigenvalue weighted by Crippen LogP contribution is 2.32. The number of amides is 1. The molecule has 2 aliphatic heterocycles. The van der Waals surface area contributed by atoms with Crippen LogP contribution in [0.4, 0.5) is 4.79 Å². The van der Waals surface area contributed by atoms with Crippen LogP contribution in [-0.4, -0.2) is 47.2 Å². The molecule has 0 saturated carbocycles. The smallest absolute Gasteiger partial charge is 0.430 e. The maximum atomic E-state index is 12.9. The van der Waals surface area contributed by atoms with Gasteiger partial charge in [0.15, 0.2) is 5.60 Å². The van der Waals surface area contributed by atoms with Crippen molar-refractivity contribution in [1.29, 1.82) is 0 Å². The molecule has 4 rings (SSSR count). The molecule has 2 aromatic rings. The van der Waals surface area contributed by atoms with Crippen molar-refractivity contribution in [2.75, 3.05) is 19.7 Å². The van der Waals surface area contributed by atoms with E-state index in [1.165, 1.54) is 11.1 Å². The highest BCUT2D eigenvalue weighted by atomic mass is 16.8. The largest absolute Gasteiger partial charge is 0.509 e. The molecule has 1 N–H and O–H groups in total. The summed E-state index contributed by atoms with van der Waals surface area (Å²) in [5, 5.41) is 1.14. The lowest BCUT2D eigenvalue weighted by Crippen LogP contribution is -2.48. The van der Waals surface area contributed by atoms with Gasteiger partial charge < -0.3 is 19.4 Å². The van der Waals surface area contributed by atoms with Crippen LogP contribution < -0.4 is 0 Å². The van der Waals surface area contributed by atoms with E-state index in [-0.39, 0.29) is 5.91 Å². The normalized spacial score (nSPS) is 19.0. The summed E-state index contributed by atoms with van der Waals surface area (Å²) < 4.78 is 10.3. The van der Waals surface area contributed by atoms with Gasteiger partial charge in [-0.3, -0.25) is 4.79 Å². The number of ether oxygens (including phenoxy) is 2. The molecule has 0 unspecified atom stereocenters. The molecule has 6 nitrogen and oxygen atoms in total. The van der Waals surface area contributed by atoms with Gasteiger partial charge in [0.25, 0.3) is 0 Å². The summed E-state index contributed by atoms with van der Waals surface area (Å²) >= 11 is 0. The molecule has 1 amide bonds. The first-order valence-electron chi connectivity index (χ1n) is 9.09. The van der Waals surface area contributed by atoms with Crippen LogP contribution in [0.3, 0.4) is 0 Å². The summed E-state index contributed by atoms with van der Waals surface area (Å²) in [6, 6.07) is 4.30. The number of fused-ring (bicyclic) bond motifs is 1. The number of nitrogens with one attached hydrogen (secondary N) is 1. The molecule has 0 atom stereocenters. The van der Waals surface area contributed by atoms with Gasteiger partial charge in [0, 0.05) is 42.5 Å². The third kappa shape index (κ3) is 2.83. The van der Waals surface area contributed by atoms with Crippen molar-refractivity contribution < 1.29 is 19.1 Å². The lowest BCUT2D eigenvalue weighted by Gasteiger charge is -2.36. The Kier molecular flexibility index (Phi) is 3.93. The second-order valence-electron chi connectivity index (χ2n) is 7.61. The second-order valence-corrected chi connectivity index (χ2v) is 7.61. The Hall–Kier alpha value is -2.50. The molecule has 26 heavy (non-hydrogen) atoms. The summed E-state index contributed by atoms with van der Waals surface area (Å²) in [6.07, 6.45) is 1.06. The summed E-state index contributed by atoms with van der Waals surface area (Å²) in [6.45, 7) is 7.68. The number of carbonyl (C=O) groups is 2. The van der Waals surface area contributed by atoms with Gasteiger partial charge in [0.2, 0.25) is 5.91 Å². The number of hydrogen-bond donors (Lipinski definition) is 1. The molecule has 2 saturated heterocycles. The summed E-state index contributed by atoms with van der Waals surface area (Å²) in [7, 11) is 0. The van der Waals surface area contributed by atoms with Crippen molar-refractivity contribution in [3.05, 3.63) is 34.5 Å². The van der Waals surface area contributed by atoms with E-state index in [0.717, 1.165) is 22.2 Å². The first kappa shape index (κ1) is 16.9. The minimum absolute atomic E-state index is 0.119. The van der Waals surface area contributed by atoms with Gasteiger partial charge in [-0.1, -0.05) is 11.6 Å². The number of aromatic nitrogens is 1. The number of aromatic amines is 1. The van der Waals surface area contributed by atoms with Crippen LogP contribution in [-0.2, 0) is 20.7 Å². The molecule has 6 heteroatoms. The van der Waals surface area contributed by atoms with Gasteiger partial charge in [-0.05, 0) is 38.0 Å². The van der Waals surface area contributed by atoms with Gasteiger partial charge in [-0.15, -0.1) is 0 Å². The van der Waals surface area contributed by atoms with E-state index >= 15 is 0 Å². The first-order valence-corrected chi connectivity index (χ1v) is 9.09. The minimum atomic E-state index is -0.593. The van der Waals surface area contributed by atoms with Gasteiger partial charge in [-0.25, -0.2) is 4.79 Å². The molecule has 1 aromatic carbocycles. The van der Waals surface area contributed by atoms with E-state index in [1.807, 2.05) is 11.8 Å². The van der Waals surface area contributed by atoms with Crippen molar-refractivity contribution in [2.45, 2.75) is 45.6 Å². The average Bonchev–Trinajstić information content (AvgIpc) is 3.10. The van der Waals surface area contributed by atoms with Gasteiger partial charge in [0.1, 0.15) is 6.61 Å². The van der Waals surface area contributed by atoms with Crippen LogP contribution in [0.2, 0.25) is 0 Å². The number of likely N-dealkylation sites (tertiary alicyclic amines) is 1. The monoisotopic (exact) mass is 356 g/mol. The molecule has 2 aliphatic rings. The number of hydrogen-bond acceptors (Lipinski definition) is 4. The number of nitrogens with zero attached hydrogens (tertiary/aromatic N) is 1. The number of carbonyl (C=O) groups excluding carboxylic acids is 2. The molecule has 0 aliphatic carbocycles. The van der Waals surface area contributed by atoms with E-state index in [2.05, 4.69) is 31.0 Å². The van der Waals surface area contributed by atoms with Crippen LogP contribution >= 0.6 is 0 Å². The van der Waals surface area contributed by atoms with Crippen LogP contribution in [0.5, 0.6) is 0 Å². The molecule has 2 fully saturated rings. The molecule has 0 bridgehead atoms. The number of piperidine rings is 1. The number of rotatable bonds is 2. The fraction of sp³-hybridized carbons (Fsp3) is 0.500. The molecule has 0 radical (unpaired) electrons. The SMILES string of the molecule is Cc1cc(C)c2[nH]c(C)c(CC(=O)N3CCC4(CC3)COC(=O)O4)c2c1. The molecule has 3 heterocycles. The average molecular weight is 356 g/mol. The van der Waals surface area contributed by atoms with E-state index in [1.54, 1.807) is 0 Å². The number of H-pyrrole nitrogens is 1. The zero-order chi connectivity index (χ0) is 18.5. The maximum absolute atomic E-state index is 12.9. The first-order chi connectivity index (χ1) is 12.4. The van der Waals surface area contributed by atoms with Crippen LogP contribution in [0.25, 0.3) is 10.9 Å². The Balaban J connectivity index is 1.50. The molecule has 138 valence electrons. The molecule has 1 aromatic heterocycles. The Morgan fingerprint density at radius 2 is 1.96 bits per heavy atom. The van der Waals surface area contributed by atoms with Crippen LogP contribution in [0.15, 0.2) is 12.1 Å². The van der Waals surface area contributed by atoms with Crippen molar-refractivity contribution in [3.8, 4) is 0 Å². The zero-order valence-corrected chi connectivity index (χ0v) is 15.5. The Labute approximate surface area is 152 Å². The summed E-state index contributed by atoms with van der Waals surface area (Å²) in [4.78, 5) is 29.4. The predicted molar refractivity (Wildman–Crippen MR) is 97.2 cm³/mol. The highest BCUT2D eigenvalue weighted by molar-refractivity contribution is 5.92.